The summed E-state index contributed by atoms with van der Waals surface area (Å²) >= 11 is 0. The molecule has 2 aromatic rings. The van der Waals surface area contributed by atoms with Crippen molar-refractivity contribution in [1.29, 1.82) is 0 Å². The second-order valence-corrected chi connectivity index (χ2v) is 3.67. The Morgan fingerprint density at radius 2 is 2.00 bits per heavy atom. The maximum Gasteiger partial charge on any atom is 0.185 e. The first-order chi connectivity index (χ1) is 8.15. The summed E-state index contributed by atoms with van der Waals surface area (Å²) < 4.78 is 0. The first-order valence-corrected chi connectivity index (χ1v) is 5.10. The van der Waals surface area contributed by atoms with Crippen molar-refractivity contribution >= 4 is 17.3 Å². The number of carbonyl (C=O) groups is 1. The monoisotopic (exact) mass is 228 g/mol. The number of ketones is 1. The molecule has 0 aliphatic heterocycles. The second-order valence-electron chi connectivity index (χ2n) is 3.67. The molecule has 4 N–H and O–H groups in total. The predicted molar refractivity (Wildman–Crippen MR) is 65.3 cm³/mol. The lowest BCUT2D eigenvalue weighted by molar-refractivity contribution is 0.0988. The summed E-state index contributed by atoms with van der Waals surface area (Å²) in [7, 11) is 0. The molecule has 0 amide bonds. The number of anilines is 2. The Balaban J connectivity index is 2.14. The van der Waals surface area contributed by atoms with Crippen molar-refractivity contribution in [2.75, 3.05) is 11.5 Å². The van der Waals surface area contributed by atoms with Crippen LogP contribution in [0.2, 0.25) is 0 Å². The fourth-order valence-electron chi connectivity index (χ4n) is 1.45. The molecular weight excluding hydrogens is 216 g/mol. The van der Waals surface area contributed by atoms with Gasteiger partial charge in [-0.05, 0) is 29.8 Å². The van der Waals surface area contributed by atoms with E-state index in [1.807, 2.05) is 0 Å². The van der Waals surface area contributed by atoms with E-state index in [1.54, 1.807) is 30.5 Å². The van der Waals surface area contributed by atoms with Gasteiger partial charge in [0.15, 0.2) is 5.78 Å². The molecule has 0 radical (unpaired) electrons. The first-order valence-electron chi connectivity index (χ1n) is 5.10. The van der Waals surface area contributed by atoms with Gasteiger partial charge in [-0.25, -0.2) is 4.98 Å². The van der Waals surface area contributed by atoms with Gasteiger partial charge in [-0.15, -0.1) is 0 Å². The molecule has 2 aromatic heterocycles. The summed E-state index contributed by atoms with van der Waals surface area (Å²) in [6.45, 7) is 0. The average Bonchev–Trinajstić information content (AvgIpc) is 2.29. The zero-order chi connectivity index (χ0) is 12.3. The van der Waals surface area contributed by atoms with Gasteiger partial charge in [-0.1, -0.05) is 0 Å². The topological polar surface area (TPSA) is 94.9 Å². The molecule has 5 heteroatoms. The van der Waals surface area contributed by atoms with Gasteiger partial charge in [0.2, 0.25) is 0 Å². The number of nitrogen functional groups attached to an aromatic ring is 2. The van der Waals surface area contributed by atoms with Crippen molar-refractivity contribution in [1.82, 2.24) is 9.97 Å². The fraction of sp³-hybridized carbons (Fsp3) is 0.0833. The molecule has 0 spiro atoms. The lowest BCUT2D eigenvalue weighted by Crippen LogP contribution is -2.06. The molecule has 2 rings (SSSR count). The number of nitrogens with zero attached hydrogens (tertiary/aromatic N) is 2. The predicted octanol–water partition coefficient (Wildman–Crippen LogP) is 1.07. The van der Waals surface area contributed by atoms with Crippen LogP contribution in [0.4, 0.5) is 11.5 Å². The van der Waals surface area contributed by atoms with E-state index in [2.05, 4.69) is 9.97 Å². The number of rotatable bonds is 3. The molecule has 5 nitrogen and oxygen atoms in total. The number of nitrogens with two attached hydrogens (primary N) is 2. The van der Waals surface area contributed by atoms with E-state index >= 15 is 0 Å². The summed E-state index contributed by atoms with van der Waals surface area (Å²) in [5, 5.41) is 0. The maximum atomic E-state index is 11.9. The van der Waals surface area contributed by atoms with Gasteiger partial charge in [-0.3, -0.25) is 9.78 Å². The summed E-state index contributed by atoms with van der Waals surface area (Å²) in [5.74, 6) is 0.330. The number of Topliss-reactive ketones (excluding diaryl/α,β-unsaturated/α-hetero) is 1. The summed E-state index contributed by atoms with van der Waals surface area (Å²) in [5.41, 5.74) is 12.8. The van der Waals surface area contributed by atoms with Crippen LogP contribution in [0.5, 0.6) is 0 Å². The van der Waals surface area contributed by atoms with Gasteiger partial charge in [0.05, 0.1) is 11.9 Å². The van der Waals surface area contributed by atoms with E-state index in [1.165, 1.54) is 6.20 Å². The van der Waals surface area contributed by atoms with Crippen LogP contribution in [-0.4, -0.2) is 15.8 Å². The Labute approximate surface area is 98.5 Å². The molecule has 0 unspecified atom stereocenters. The highest BCUT2D eigenvalue weighted by Crippen LogP contribution is 2.08. The van der Waals surface area contributed by atoms with E-state index in [9.17, 15) is 4.79 Å². The van der Waals surface area contributed by atoms with Crippen LogP contribution in [0.25, 0.3) is 0 Å². The van der Waals surface area contributed by atoms with Gasteiger partial charge in [-0.2, -0.15) is 0 Å². The van der Waals surface area contributed by atoms with Gasteiger partial charge >= 0.3 is 0 Å². The molecule has 0 saturated heterocycles. The van der Waals surface area contributed by atoms with Crippen LogP contribution in [0.15, 0.2) is 36.7 Å². The lowest BCUT2D eigenvalue weighted by atomic mass is 10.1. The zero-order valence-corrected chi connectivity index (χ0v) is 9.13. The third-order valence-corrected chi connectivity index (χ3v) is 2.28. The Morgan fingerprint density at radius 1 is 1.18 bits per heavy atom. The van der Waals surface area contributed by atoms with E-state index in [4.69, 9.17) is 11.5 Å². The highest BCUT2D eigenvalue weighted by Gasteiger charge is 2.08. The number of pyridine rings is 2. The van der Waals surface area contributed by atoms with E-state index < -0.39 is 0 Å². The summed E-state index contributed by atoms with van der Waals surface area (Å²) in [6, 6.07) is 6.70. The minimum Gasteiger partial charge on any atom is -0.397 e. The second kappa shape index (κ2) is 4.61. The molecule has 17 heavy (non-hydrogen) atoms. The van der Waals surface area contributed by atoms with Crippen LogP contribution in [-0.2, 0) is 6.42 Å². The number of hydrogen-bond acceptors (Lipinski definition) is 5. The highest BCUT2D eigenvalue weighted by molar-refractivity contribution is 5.95. The Hall–Kier alpha value is -2.43. The van der Waals surface area contributed by atoms with Crippen molar-refractivity contribution in [3.05, 3.63) is 47.9 Å². The highest BCUT2D eigenvalue weighted by atomic mass is 16.1. The molecule has 0 fully saturated rings. The van der Waals surface area contributed by atoms with Crippen molar-refractivity contribution in [3.63, 3.8) is 0 Å². The molecule has 0 aliphatic rings. The zero-order valence-electron chi connectivity index (χ0n) is 9.13. The third-order valence-electron chi connectivity index (χ3n) is 2.28. The fourth-order valence-corrected chi connectivity index (χ4v) is 1.45. The standard InChI is InChI=1S/C12H12N4O/c13-9-1-2-10(16-7-9)11(17)5-8-3-4-15-12(14)6-8/h1-4,6-7H,5,13H2,(H2,14,15). The maximum absolute atomic E-state index is 11.9. The van der Waals surface area contributed by atoms with E-state index in [0.29, 0.717) is 17.2 Å². The molecule has 0 bridgehead atoms. The molecule has 0 atom stereocenters. The SMILES string of the molecule is Nc1ccc(C(=O)Cc2ccnc(N)c2)nc1. The molecular formula is C12H12N4O. The third kappa shape index (κ3) is 2.78. The van der Waals surface area contributed by atoms with Gasteiger partial charge in [0, 0.05) is 12.6 Å². The van der Waals surface area contributed by atoms with Crippen molar-refractivity contribution < 1.29 is 4.79 Å². The number of aromatic nitrogens is 2. The Bertz CT molecular complexity index is 536. The van der Waals surface area contributed by atoms with Crippen LogP contribution >= 0.6 is 0 Å². The minimum atomic E-state index is -0.0735. The molecule has 0 saturated carbocycles. The molecule has 86 valence electrons. The molecule has 0 aliphatic carbocycles. The normalized spacial score (nSPS) is 10.1. The van der Waals surface area contributed by atoms with Crippen LogP contribution < -0.4 is 11.5 Å². The van der Waals surface area contributed by atoms with E-state index in [0.717, 1.165) is 5.56 Å². The summed E-state index contributed by atoms with van der Waals surface area (Å²) in [4.78, 5) is 19.7. The number of hydrogen-bond donors (Lipinski definition) is 2. The average molecular weight is 228 g/mol. The Morgan fingerprint density at radius 3 is 2.65 bits per heavy atom. The van der Waals surface area contributed by atoms with Crippen molar-refractivity contribution in [3.8, 4) is 0 Å². The molecule has 2 heterocycles. The van der Waals surface area contributed by atoms with Gasteiger partial charge in [0.25, 0.3) is 0 Å². The Kier molecular flexibility index (Phi) is 3.00. The molecule has 0 aromatic carbocycles. The summed E-state index contributed by atoms with van der Waals surface area (Å²) in [6.07, 6.45) is 3.30. The van der Waals surface area contributed by atoms with E-state index in [-0.39, 0.29) is 12.2 Å². The van der Waals surface area contributed by atoms with Crippen molar-refractivity contribution in [2.45, 2.75) is 6.42 Å². The van der Waals surface area contributed by atoms with Crippen LogP contribution in [0.1, 0.15) is 16.1 Å². The lowest BCUT2D eigenvalue weighted by Gasteiger charge is -2.02. The number of carbonyl (C=O) groups excluding carboxylic acids is 1. The van der Waals surface area contributed by atoms with Gasteiger partial charge < -0.3 is 11.5 Å². The van der Waals surface area contributed by atoms with Crippen LogP contribution in [0.3, 0.4) is 0 Å². The van der Waals surface area contributed by atoms with Crippen LogP contribution in [0, 0.1) is 0 Å². The smallest absolute Gasteiger partial charge is 0.185 e. The van der Waals surface area contributed by atoms with Crippen molar-refractivity contribution in [2.24, 2.45) is 0 Å². The van der Waals surface area contributed by atoms with Gasteiger partial charge in [0.1, 0.15) is 11.5 Å². The minimum absolute atomic E-state index is 0.0735. The first kappa shape index (κ1) is 11.1. The largest absolute Gasteiger partial charge is 0.397 e. The quantitative estimate of drug-likeness (QED) is 0.766.